The molecule has 23 heavy (non-hydrogen) atoms. The summed E-state index contributed by atoms with van der Waals surface area (Å²) in [4.78, 5) is 14.8. The molecule has 0 spiro atoms. The maximum atomic E-state index is 11.0. The number of aromatic nitrogens is 3. The zero-order valence-corrected chi connectivity index (χ0v) is 13.1. The number of hydrogen-bond donors (Lipinski definition) is 0. The second kappa shape index (κ2) is 5.68. The number of pyridine rings is 1. The highest BCUT2D eigenvalue weighted by atomic mass is 16.6. The Morgan fingerprint density at radius 1 is 1.26 bits per heavy atom. The standard InChI is InChI=1S/C16H16N4O3/c1-10(2)23-15-8-11(6-7-17-15)16-13-9-12(20(21)22)4-5-14(13)19(3)18-16/h4-10H,1-3H3. The minimum Gasteiger partial charge on any atom is -0.475 e. The zero-order chi connectivity index (χ0) is 16.6. The van der Waals surface area contributed by atoms with Crippen LogP contribution >= 0.6 is 0 Å². The second-order valence-electron chi connectivity index (χ2n) is 5.48. The minimum absolute atomic E-state index is 0.0133. The summed E-state index contributed by atoms with van der Waals surface area (Å²) in [6.45, 7) is 3.85. The molecular weight excluding hydrogens is 296 g/mol. The number of nitro benzene ring substituents is 1. The van der Waals surface area contributed by atoms with E-state index in [4.69, 9.17) is 4.74 Å². The quantitative estimate of drug-likeness (QED) is 0.545. The van der Waals surface area contributed by atoms with E-state index >= 15 is 0 Å². The number of nitro groups is 1. The molecule has 7 heteroatoms. The number of rotatable bonds is 4. The highest BCUT2D eigenvalue weighted by Gasteiger charge is 2.16. The van der Waals surface area contributed by atoms with Gasteiger partial charge < -0.3 is 4.74 Å². The number of nitrogens with zero attached hydrogens (tertiary/aromatic N) is 4. The Kier molecular flexibility index (Phi) is 3.69. The molecule has 2 aromatic heterocycles. The van der Waals surface area contributed by atoms with Crippen molar-refractivity contribution in [2.75, 3.05) is 0 Å². The molecule has 0 aliphatic carbocycles. The molecule has 0 aliphatic rings. The first-order valence-corrected chi connectivity index (χ1v) is 7.20. The SMILES string of the molecule is CC(C)Oc1cc(-c2nn(C)c3ccc([N+](=O)[O-])cc23)ccn1. The molecular formula is C16H16N4O3. The minimum atomic E-state index is -0.407. The summed E-state index contributed by atoms with van der Waals surface area (Å²) in [5.74, 6) is 0.502. The summed E-state index contributed by atoms with van der Waals surface area (Å²) < 4.78 is 7.31. The van der Waals surface area contributed by atoms with Gasteiger partial charge in [0.15, 0.2) is 0 Å². The van der Waals surface area contributed by atoms with Crippen molar-refractivity contribution in [3.8, 4) is 17.1 Å². The van der Waals surface area contributed by atoms with Gasteiger partial charge in [-0.15, -0.1) is 0 Å². The molecule has 118 valence electrons. The first-order chi connectivity index (χ1) is 11.0. The normalized spacial score (nSPS) is 11.1. The highest BCUT2D eigenvalue weighted by Crippen LogP contribution is 2.31. The molecule has 0 N–H and O–H groups in total. The van der Waals surface area contributed by atoms with Gasteiger partial charge in [-0.25, -0.2) is 4.98 Å². The molecule has 0 saturated heterocycles. The van der Waals surface area contributed by atoms with Crippen LogP contribution in [0.3, 0.4) is 0 Å². The van der Waals surface area contributed by atoms with Gasteiger partial charge in [0, 0.05) is 42.4 Å². The van der Waals surface area contributed by atoms with Gasteiger partial charge in [0.2, 0.25) is 5.88 Å². The van der Waals surface area contributed by atoms with Crippen molar-refractivity contribution >= 4 is 16.6 Å². The monoisotopic (exact) mass is 312 g/mol. The van der Waals surface area contributed by atoms with E-state index in [2.05, 4.69) is 10.1 Å². The summed E-state index contributed by atoms with van der Waals surface area (Å²) in [6, 6.07) is 8.33. The number of benzene rings is 1. The van der Waals surface area contributed by atoms with E-state index in [9.17, 15) is 10.1 Å². The number of fused-ring (bicyclic) bond motifs is 1. The van der Waals surface area contributed by atoms with E-state index in [1.165, 1.54) is 6.07 Å². The summed E-state index contributed by atoms with van der Waals surface area (Å²) in [5.41, 5.74) is 2.34. The van der Waals surface area contributed by atoms with Crippen LogP contribution in [0.5, 0.6) is 5.88 Å². The lowest BCUT2D eigenvalue weighted by molar-refractivity contribution is -0.384. The Morgan fingerprint density at radius 2 is 2.04 bits per heavy atom. The van der Waals surface area contributed by atoms with Crippen LogP contribution in [0.2, 0.25) is 0 Å². The smallest absolute Gasteiger partial charge is 0.270 e. The van der Waals surface area contributed by atoms with Gasteiger partial charge in [-0.2, -0.15) is 5.10 Å². The lowest BCUT2D eigenvalue weighted by Crippen LogP contribution is -2.06. The van der Waals surface area contributed by atoms with E-state index in [-0.39, 0.29) is 11.8 Å². The molecule has 0 amide bonds. The van der Waals surface area contributed by atoms with Gasteiger partial charge in [0.05, 0.1) is 16.5 Å². The maximum Gasteiger partial charge on any atom is 0.270 e. The van der Waals surface area contributed by atoms with E-state index < -0.39 is 4.92 Å². The van der Waals surface area contributed by atoms with Crippen LogP contribution in [0.4, 0.5) is 5.69 Å². The molecule has 1 aromatic carbocycles. The molecule has 7 nitrogen and oxygen atoms in total. The van der Waals surface area contributed by atoms with Crippen molar-refractivity contribution in [2.24, 2.45) is 7.05 Å². The van der Waals surface area contributed by atoms with Gasteiger partial charge in [0.1, 0.15) is 5.69 Å². The van der Waals surface area contributed by atoms with Crippen LogP contribution in [0, 0.1) is 10.1 Å². The molecule has 3 rings (SSSR count). The molecule has 0 aliphatic heterocycles. The fourth-order valence-electron chi connectivity index (χ4n) is 2.44. The van der Waals surface area contributed by atoms with Gasteiger partial charge >= 0.3 is 0 Å². The van der Waals surface area contributed by atoms with E-state index in [0.717, 1.165) is 16.5 Å². The molecule has 0 bridgehead atoms. The summed E-state index contributed by atoms with van der Waals surface area (Å²) in [6.07, 6.45) is 1.66. The number of hydrogen-bond acceptors (Lipinski definition) is 5. The Balaban J connectivity index is 2.15. The van der Waals surface area contributed by atoms with Crippen molar-refractivity contribution in [2.45, 2.75) is 20.0 Å². The van der Waals surface area contributed by atoms with Crippen LogP contribution in [-0.2, 0) is 7.05 Å². The predicted molar refractivity (Wildman–Crippen MR) is 86.4 cm³/mol. The van der Waals surface area contributed by atoms with E-state index in [0.29, 0.717) is 11.6 Å². The van der Waals surface area contributed by atoms with Crippen molar-refractivity contribution in [3.63, 3.8) is 0 Å². The van der Waals surface area contributed by atoms with Crippen molar-refractivity contribution < 1.29 is 9.66 Å². The van der Waals surface area contributed by atoms with Crippen LogP contribution < -0.4 is 4.74 Å². The second-order valence-corrected chi connectivity index (χ2v) is 5.48. The van der Waals surface area contributed by atoms with E-state index in [1.807, 2.05) is 27.0 Å². The van der Waals surface area contributed by atoms with Crippen LogP contribution in [-0.4, -0.2) is 25.8 Å². The molecule has 0 radical (unpaired) electrons. The van der Waals surface area contributed by atoms with Crippen LogP contribution in [0.1, 0.15) is 13.8 Å². The average molecular weight is 312 g/mol. The largest absolute Gasteiger partial charge is 0.475 e. The van der Waals surface area contributed by atoms with Crippen LogP contribution in [0.15, 0.2) is 36.5 Å². The lowest BCUT2D eigenvalue weighted by Gasteiger charge is -2.09. The molecule has 2 heterocycles. The van der Waals surface area contributed by atoms with Crippen molar-refractivity contribution in [1.29, 1.82) is 0 Å². The molecule has 0 atom stereocenters. The Labute approximate surface area is 132 Å². The topological polar surface area (TPSA) is 83.1 Å². The molecule has 3 aromatic rings. The maximum absolute atomic E-state index is 11.0. The van der Waals surface area contributed by atoms with Gasteiger partial charge in [-0.05, 0) is 26.0 Å². The van der Waals surface area contributed by atoms with Gasteiger partial charge in [-0.3, -0.25) is 14.8 Å². The third-order valence-electron chi connectivity index (χ3n) is 3.41. The predicted octanol–water partition coefficient (Wildman–Crippen LogP) is 3.33. The fraction of sp³-hybridized carbons (Fsp3) is 0.250. The van der Waals surface area contributed by atoms with Crippen molar-refractivity contribution in [3.05, 3.63) is 46.6 Å². The Morgan fingerprint density at radius 3 is 2.74 bits per heavy atom. The zero-order valence-electron chi connectivity index (χ0n) is 13.1. The summed E-state index contributed by atoms with van der Waals surface area (Å²) in [7, 11) is 1.81. The molecule has 0 unspecified atom stereocenters. The lowest BCUT2D eigenvalue weighted by atomic mass is 10.1. The van der Waals surface area contributed by atoms with Gasteiger partial charge in [0.25, 0.3) is 5.69 Å². The first kappa shape index (κ1) is 15.0. The number of aryl methyl sites for hydroxylation is 1. The Hall–Kier alpha value is -2.96. The van der Waals surface area contributed by atoms with Crippen molar-refractivity contribution in [1.82, 2.24) is 14.8 Å². The average Bonchev–Trinajstić information content (AvgIpc) is 2.83. The van der Waals surface area contributed by atoms with Gasteiger partial charge in [-0.1, -0.05) is 0 Å². The van der Waals surface area contributed by atoms with Crippen LogP contribution in [0.25, 0.3) is 22.2 Å². The summed E-state index contributed by atoms with van der Waals surface area (Å²) in [5, 5.41) is 16.2. The molecule has 0 fully saturated rings. The third kappa shape index (κ3) is 2.85. The third-order valence-corrected chi connectivity index (χ3v) is 3.41. The Bertz CT molecular complexity index is 886. The molecule has 0 saturated carbocycles. The number of ether oxygens (including phenoxy) is 1. The summed E-state index contributed by atoms with van der Waals surface area (Å²) >= 11 is 0. The fourth-order valence-corrected chi connectivity index (χ4v) is 2.44. The number of non-ortho nitro benzene ring substituents is 1. The highest BCUT2D eigenvalue weighted by molar-refractivity contribution is 5.94. The first-order valence-electron chi connectivity index (χ1n) is 7.20. The van der Waals surface area contributed by atoms with E-state index in [1.54, 1.807) is 29.1 Å².